The fraction of sp³-hybridized carbons (Fsp3) is 1.00. The van der Waals surface area contributed by atoms with Gasteiger partial charge in [0.15, 0.2) is 6.29 Å². The van der Waals surface area contributed by atoms with Crippen molar-refractivity contribution in [3.05, 3.63) is 0 Å². The molecule has 0 radical (unpaired) electrons. The number of aliphatic hydroxyl groups is 2. The number of ether oxygens (including phenoxy) is 4. The molecule has 2 saturated heterocycles. The minimum absolute atomic E-state index is 0.0327. The molecule has 2 heterocycles. The zero-order valence-electron chi connectivity index (χ0n) is 28.3. The zero-order valence-corrected chi connectivity index (χ0v) is 28.3. The van der Waals surface area contributed by atoms with Gasteiger partial charge in [0.05, 0.1) is 36.6 Å². The molecule has 5 aliphatic carbocycles. The minimum atomic E-state index is -1.00. The summed E-state index contributed by atoms with van der Waals surface area (Å²) in [5, 5.41) is 27.0. The molecule has 2 aliphatic heterocycles. The van der Waals surface area contributed by atoms with Crippen molar-refractivity contribution < 1.29 is 29.2 Å². The Kier molecular flexibility index (Phi) is 7.37. The van der Waals surface area contributed by atoms with E-state index in [1.54, 1.807) is 0 Å². The predicted molar refractivity (Wildman–Crippen MR) is 165 cm³/mol. The van der Waals surface area contributed by atoms with Crippen LogP contribution in [0.5, 0.6) is 0 Å². The van der Waals surface area contributed by atoms with Crippen LogP contribution in [0.1, 0.15) is 107 Å². The zero-order chi connectivity index (χ0) is 30.8. The first kappa shape index (κ1) is 31.3. The van der Waals surface area contributed by atoms with Crippen molar-refractivity contribution >= 4 is 0 Å². The second-order valence-electron chi connectivity index (χ2n) is 17.7. The third-order valence-electron chi connectivity index (χ3n) is 15.4. The van der Waals surface area contributed by atoms with Crippen molar-refractivity contribution in [2.75, 3.05) is 26.3 Å². The molecule has 0 aromatic carbocycles. The molecule has 7 nitrogen and oxygen atoms in total. The van der Waals surface area contributed by atoms with Crippen molar-refractivity contribution in [1.82, 2.24) is 5.32 Å². The van der Waals surface area contributed by atoms with Crippen LogP contribution in [-0.4, -0.2) is 78.9 Å². The maximum absolute atomic E-state index is 12.5. The molecule has 0 amide bonds. The summed E-state index contributed by atoms with van der Waals surface area (Å²) in [6.07, 6.45) is 8.19. The number of hydrogen-bond donors (Lipinski definition) is 3. The summed E-state index contributed by atoms with van der Waals surface area (Å²) in [6.45, 7) is 20.9. The molecule has 246 valence electrons. The fourth-order valence-corrected chi connectivity index (χ4v) is 13.5. The Hall–Kier alpha value is -0.280. The van der Waals surface area contributed by atoms with Crippen LogP contribution in [0.4, 0.5) is 0 Å². The van der Waals surface area contributed by atoms with Gasteiger partial charge in [-0.2, -0.15) is 0 Å². The number of rotatable bonds is 6. The summed E-state index contributed by atoms with van der Waals surface area (Å²) in [7, 11) is 0. The van der Waals surface area contributed by atoms with E-state index in [1.165, 1.54) is 38.5 Å². The van der Waals surface area contributed by atoms with Gasteiger partial charge < -0.3 is 34.5 Å². The Labute approximate surface area is 260 Å². The summed E-state index contributed by atoms with van der Waals surface area (Å²) in [6, 6.07) is 0. The Bertz CT molecular complexity index is 1070. The van der Waals surface area contributed by atoms with Crippen LogP contribution in [-0.2, 0) is 18.9 Å². The van der Waals surface area contributed by atoms with E-state index in [0.717, 1.165) is 32.5 Å². The van der Waals surface area contributed by atoms with Crippen LogP contribution >= 0.6 is 0 Å². The quantitative estimate of drug-likeness (QED) is 0.379. The highest BCUT2D eigenvalue weighted by Gasteiger charge is 2.84. The van der Waals surface area contributed by atoms with Crippen LogP contribution in [0.3, 0.4) is 0 Å². The molecule has 1 unspecified atom stereocenters. The van der Waals surface area contributed by atoms with E-state index in [9.17, 15) is 10.2 Å². The lowest BCUT2D eigenvalue weighted by molar-refractivity contribution is -0.237. The molecule has 14 atom stereocenters. The van der Waals surface area contributed by atoms with Gasteiger partial charge in [-0.25, -0.2) is 0 Å². The van der Waals surface area contributed by atoms with Crippen LogP contribution < -0.4 is 5.32 Å². The number of aliphatic hydroxyl groups excluding tert-OH is 1. The lowest BCUT2D eigenvalue weighted by Crippen LogP contribution is -2.60. The summed E-state index contributed by atoms with van der Waals surface area (Å²) < 4.78 is 25.7. The van der Waals surface area contributed by atoms with Gasteiger partial charge in [0.2, 0.25) is 0 Å². The van der Waals surface area contributed by atoms with E-state index in [1.807, 2.05) is 20.8 Å². The fourth-order valence-electron chi connectivity index (χ4n) is 13.5. The van der Waals surface area contributed by atoms with Crippen LogP contribution in [0, 0.1) is 50.7 Å². The topological polar surface area (TPSA) is 89.4 Å². The SMILES string of the molecule is CCO[C@@H]([C@H]1C[C@@H](C)[C@H]2[C@H](O1)[C@H](O)[C@@]1(C)[C@@H]3CC[C@H]4C(C)(C)C(O[C@H]5CNCCO5)CC[C@@]45C[C@@]35CC[C@]21C)C(C)(C)O. The molecular weight excluding hydrogens is 542 g/mol. The summed E-state index contributed by atoms with van der Waals surface area (Å²) in [4.78, 5) is 0. The first-order chi connectivity index (χ1) is 20.2. The van der Waals surface area contributed by atoms with Gasteiger partial charge in [-0.15, -0.1) is 0 Å². The average molecular weight is 604 g/mol. The highest BCUT2D eigenvalue weighted by Crippen LogP contribution is 2.89. The molecule has 5 saturated carbocycles. The standard InChI is InChI=1S/C36H61NO6/c1-9-40-30(32(5,6)39)22-18-21(2)27-28(42-22)29(38)34(8)24-11-10-23-31(3,4)25(43-26-19-37-16-17-41-26)12-13-35(23)20-36(24,35)15-14-33(27,34)7/h21-30,37-39H,9-20H2,1-8H3/t21-,22-,23+,24+,25?,26+,27+,28+,29+,30+,33-,34-,35-,36+/m1/s1. The largest absolute Gasteiger partial charge is 0.390 e. The third-order valence-corrected chi connectivity index (χ3v) is 15.4. The van der Waals surface area contributed by atoms with E-state index in [4.69, 9.17) is 18.9 Å². The number of hydrogen-bond acceptors (Lipinski definition) is 7. The normalized spacial score (nSPS) is 54.4. The lowest BCUT2D eigenvalue weighted by Gasteiger charge is -2.64. The summed E-state index contributed by atoms with van der Waals surface area (Å²) in [5.41, 5.74) is -0.354. The van der Waals surface area contributed by atoms with E-state index >= 15 is 0 Å². The van der Waals surface area contributed by atoms with Crippen LogP contribution in [0.25, 0.3) is 0 Å². The van der Waals surface area contributed by atoms with Gasteiger partial charge >= 0.3 is 0 Å². The lowest BCUT2D eigenvalue weighted by atomic mass is 9.41. The molecule has 7 aliphatic rings. The molecule has 0 aromatic rings. The van der Waals surface area contributed by atoms with Crippen molar-refractivity contribution in [2.45, 2.75) is 149 Å². The van der Waals surface area contributed by atoms with Gasteiger partial charge in [-0.3, -0.25) is 0 Å². The van der Waals surface area contributed by atoms with E-state index < -0.39 is 17.8 Å². The molecular formula is C36H61NO6. The molecule has 2 spiro atoms. The molecule has 7 fully saturated rings. The van der Waals surface area contributed by atoms with E-state index in [-0.39, 0.29) is 40.8 Å². The first-order valence-corrected chi connectivity index (χ1v) is 17.8. The van der Waals surface area contributed by atoms with Crippen molar-refractivity contribution in [3.63, 3.8) is 0 Å². The van der Waals surface area contributed by atoms with E-state index in [0.29, 0.717) is 41.1 Å². The van der Waals surface area contributed by atoms with E-state index in [2.05, 4.69) is 39.9 Å². The molecule has 3 N–H and O–H groups in total. The Morgan fingerprint density at radius 3 is 2.42 bits per heavy atom. The molecule has 7 rings (SSSR count). The van der Waals surface area contributed by atoms with Crippen LogP contribution in [0.15, 0.2) is 0 Å². The third kappa shape index (κ3) is 4.10. The van der Waals surface area contributed by atoms with Crippen molar-refractivity contribution in [2.24, 2.45) is 50.7 Å². The van der Waals surface area contributed by atoms with Gasteiger partial charge in [0.1, 0.15) is 6.10 Å². The maximum atomic E-state index is 12.5. The van der Waals surface area contributed by atoms with Crippen molar-refractivity contribution in [3.8, 4) is 0 Å². The second-order valence-corrected chi connectivity index (χ2v) is 17.7. The molecule has 43 heavy (non-hydrogen) atoms. The van der Waals surface area contributed by atoms with Gasteiger partial charge in [0.25, 0.3) is 0 Å². The van der Waals surface area contributed by atoms with Crippen molar-refractivity contribution in [1.29, 1.82) is 0 Å². The smallest absolute Gasteiger partial charge is 0.170 e. The predicted octanol–water partition coefficient (Wildman–Crippen LogP) is 5.31. The number of nitrogens with one attached hydrogen (secondary N) is 1. The number of fused-ring (bicyclic) bond motifs is 4. The molecule has 0 aromatic heterocycles. The van der Waals surface area contributed by atoms with Crippen LogP contribution in [0.2, 0.25) is 0 Å². The highest BCUT2D eigenvalue weighted by molar-refractivity contribution is 5.33. The summed E-state index contributed by atoms with van der Waals surface area (Å²) >= 11 is 0. The van der Waals surface area contributed by atoms with Gasteiger partial charge in [0, 0.05) is 25.1 Å². The van der Waals surface area contributed by atoms with Gasteiger partial charge in [-0.1, -0.05) is 34.6 Å². The number of morpholine rings is 1. The monoisotopic (exact) mass is 603 g/mol. The Morgan fingerprint density at radius 2 is 1.74 bits per heavy atom. The minimum Gasteiger partial charge on any atom is -0.390 e. The molecule has 0 bridgehead atoms. The first-order valence-electron chi connectivity index (χ1n) is 17.8. The summed E-state index contributed by atoms with van der Waals surface area (Å²) in [5.74, 6) is 1.89. The Balaban J connectivity index is 1.16. The highest BCUT2D eigenvalue weighted by atomic mass is 16.7. The average Bonchev–Trinajstić information content (AvgIpc) is 3.58. The van der Waals surface area contributed by atoms with Gasteiger partial charge in [-0.05, 0) is 117 Å². The second kappa shape index (κ2) is 10.1. The maximum Gasteiger partial charge on any atom is 0.170 e. The molecule has 7 heteroatoms. The Morgan fingerprint density at radius 1 is 1.02 bits per heavy atom.